The van der Waals surface area contributed by atoms with Crippen LogP contribution in [-0.2, 0) is 6.18 Å². The van der Waals surface area contributed by atoms with Crippen molar-refractivity contribution in [3.63, 3.8) is 0 Å². The first-order valence-electron chi connectivity index (χ1n) is 9.17. The number of alkyl halides is 6. The topological polar surface area (TPSA) is 65.5 Å². The Kier molecular flexibility index (Phi) is 5.10. The second-order valence-electron chi connectivity index (χ2n) is 6.92. The average molecular weight is 456 g/mol. The lowest BCUT2D eigenvalue weighted by Gasteiger charge is -2.20. The summed E-state index contributed by atoms with van der Waals surface area (Å²) in [5, 5.41) is 3.83. The number of nitrogens with zero attached hydrogens (tertiary/aromatic N) is 4. The number of benzene rings is 1. The van der Waals surface area contributed by atoms with Crippen molar-refractivity contribution >= 4 is 5.65 Å². The highest BCUT2D eigenvalue weighted by molar-refractivity contribution is 5.65. The molecule has 0 aliphatic carbocycles. The van der Waals surface area contributed by atoms with Crippen LogP contribution in [0, 0.1) is 6.92 Å². The number of fused-ring (bicyclic) bond motifs is 1. The van der Waals surface area contributed by atoms with E-state index in [0.717, 1.165) is 17.8 Å². The molecule has 168 valence electrons. The zero-order valence-corrected chi connectivity index (χ0v) is 16.5. The summed E-state index contributed by atoms with van der Waals surface area (Å²) in [6.45, 7) is 2.41. The Bertz CT molecular complexity index is 1280. The first-order chi connectivity index (χ1) is 14.9. The predicted octanol–water partition coefficient (Wildman–Crippen LogP) is 5.71. The molecule has 4 rings (SSSR count). The molecule has 1 atom stereocenters. The molecule has 32 heavy (non-hydrogen) atoms. The molecule has 3 heterocycles. The zero-order chi connectivity index (χ0) is 23.3. The molecule has 1 aromatic carbocycles. The van der Waals surface area contributed by atoms with Crippen molar-refractivity contribution in [1.82, 2.24) is 19.5 Å². The standard InChI is InChI=1S/C20H14F6N4O2/c1-10-13(4-6-16-27-7-8-30(10)16)17-28-18(32-29-17)12-3-5-15(14(9-12)20(24,25)26)31-11(2)19(21,22)23/h3-9,11H,1-2H3. The van der Waals surface area contributed by atoms with E-state index < -0.39 is 29.8 Å². The lowest BCUT2D eigenvalue weighted by atomic mass is 10.1. The van der Waals surface area contributed by atoms with Crippen LogP contribution < -0.4 is 4.74 Å². The molecule has 0 N–H and O–H groups in total. The average Bonchev–Trinajstić information content (AvgIpc) is 3.37. The third-order valence-electron chi connectivity index (χ3n) is 4.78. The highest BCUT2D eigenvalue weighted by atomic mass is 19.4. The molecule has 0 saturated carbocycles. The van der Waals surface area contributed by atoms with Gasteiger partial charge in [-0.2, -0.15) is 31.3 Å². The minimum Gasteiger partial charge on any atom is -0.481 e. The summed E-state index contributed by atoms with van der Waals surface area (Å²) in [7, 11) is 0. The molecular formula is C20H14F6N4O2. The maximum absolute atomic E-state index is 13.5. The highest BCUT2D eigenvalue weighted by Gasteiger charge is 2.41. The predicted molar refractivity (Wildman–Crippen MR) is 99.8 cm³/mol. The van der Waals surface area contributed by atoms with Crippen molar-refractivity contribution in [2.45, 2.75) is 32.3 Å². The van der Waals surface area contributed by atoms with E-state index >= 15 is 0 Å². The van der Waals surface area contributed by atoms with Gasteiger partial charge in [0.25, 0.3) is 5.89 Å². The number of ether oxygens (including phenoxy) is 1. The molecule has 0 aliphatic rings. The van der Waals surface area contributed by atoms with E-state index in [0.29, 0.717) is 24.2 Å². The van der Waals surface area contributed by atoms with Crippen molar-refractivity contribution in [1.29, 1.82) is 0 Å². The first-order valence-corrected chi connectivity index (χ1v) is 9.17. The van der Waals surface area contributed by atoms with Crippen LogP contribution in [0.5, 0.6) is 5.75 Å². The number of rotatable bonds is 4. The van der Waals surface area contributed by atoms with Crippen LogP contribution in [-0.4, -0.2) is 31.8 Å². The molecule has 4 aromatic rings. The number of imidazole rings is 1. The van der Waals surface area contributed by atoms with Crippen molar-refractivity contribution < 1.29 is 35.6 Å². The van der Waals surface area contributed by atoms with Crippen LogP contribution in [0.3, 0.4) is 0 Å². The fourth-order valence-corrected chi connectivity index (χ4v) is 3.06. The van der Waals surface area contributed by atoms with Crippen LogP contribution in [0.15, 0.2) is 47.2 Å². The van der Waals surface area contributed by atoms with E-state index in [9.17, 15) is 26.3 Å². The quantitative estimate of drug-likeness (QED) is 0.368. The summed E-state index contributed by atoms with van der Waals surface area (Å²) in [5.41, 5.74) is 0.480. The second-order valence-corrected chi connectivity index (χ2v) is 6.92. The van der Waals surface area contributed by atoms with E-state index in [4.69, 9.17) is 4.52 Å². The molecule has 1 unspecified atom stereocenters. The second kappa shape index (κ2) is 7.53. The summed E-state index contributed by atoms with van der Waals surface area (Å²) in [6, 6.07) is 5.95. The van der Waals surface area contributed by atoms with Gasteiger partial charge in [0.1, 0.15) is 11.4 Å². The summed E-state index contributed by atoms with van der Waals surface area (Å²) in [4.78, 5) is 8.31. The largest absolute Gasteiger partial charge is 0.481 e. The number of halogens is 6. The smallest absolute Gasteiger partial charge is 0.425 e. The molecule has 0 aliphatic heterocycles. The Balaban J connectivity index is 1.71. The normalized spacial score (nSPS) is 13.5. The molecule has 0 amide bonds. The van der Waals surface area contributed by atoms with E-state index in [1.165, 1.54) is 0 Å². The lowest BCUT2D eigenvalue weighted by molar-refractivity contribution is -0.191. The molecule has 0 fully saturated rings. The van der Waals surface area contributed by atoms with Gasteiger partial charge < -0.3 is 13.7 Å². The Labute approximate surface area is 176 Å². The SMILES string of the molecule is Cc1c(-c2noc(-c3ccc(OC(C)C(F)(F)F)c(C(F)(F)F)c3)n2)ccc2nccn12. The lowest BCUT2D eigenvalue weighted by Crippen LogP contribution is -2.31. The Morgan fingerprint density at radius 3 is 2.50 bits per heavy atom. The molecule has 0 bridgehead atoms. The molecule has 3 aromatic heterocycles. The van der Waals surface area contributed by atoms with E-state index in [1.807, 2.05) is 0 Å². The van der Waals surface area contributed by atoms with E-state index in [2.05, 4.69) is 19.9 Å². The Morgan fingerprint density at radius 1 is 1.06 bits per heavy atom. The molecular weight excluding hydrogens is 442 g/mol. The van der Waals surface area contributed by atoms with Gasteiger partial charge in [0.2, 0.25) is 5.82 Å². The van der Waals surface area contributed by atoms with Crippen LogP contribution in [0.25, 0.3) is 28.5 Å². The van der Waals surface area contributed by atoms with Crippen molar-refractivity contribution in [3.8, 4) is 28.6 Å². The summed E-state index contributed by atoms with van der Waals surface area (Å²) >= 11 is 0. The van der Waals surface area contributed by atoms with Crippen molar-refractivity contribution in [3.05, 3.63) is 54.0 Å². The minimum absolute atomic E-state index is 0.121. The van der Waals surface area contributed by atoms with Gasteiger partial charge in [0.05, 0.1) is 5.56 Å². The van der Waals surface area contributed by atoms with Crippen LogP contribution in [0.4, 0.5) is 26.3 Å². The Hall–Kier alpha value is -3.57. The monoisotopic (exact) mass is 456 g/mol. The first kappa shape index (κ1) is 21.7. The van der Waals surface area contributed by atoms with Crippen LogP contribution in [0.2, 0.25) is 0 Å². The fourth-order valence-electron chi connectivity index (χ4n) is 3.06. The fraction of sp³-hybridized carbons (Fsp3) is 0.250. The Morgan fingerprint density at radius 2 is 1.81 bits per heavy atom. The van der Waals surface area contributed by atoms with Gasteiger partial charge >= 0.3 is 12.4 Å². The summed E-state index contributed by atoms with van der Waals surface area (Å²) in [5.74, 6) is -1.05. The molecule has 0 saturated heterocycles. The summed E-state index contributed by atoms with van der Waals surface area (Å²) in [6.07, 6.45) is -8.88. The number of pyridine rings is 1. The third-order valence-corrected chi connectivity index (χ3v) is 4.78. The van der Waals surface area contributed by atoms with Crippen LogP contribution >= 0.6 is 0 Å². The maximum atomic E-state index is 13.5. The number of hydrogen-bond acceptors (Lipinski definition) is 5. The van der Waals surface area contributed by atoms with Gasteiger partial charge in [0.15, 0.2) is 6.10 Å². The van der Waals surface area contributed by atoms with Gasteiger partial charge in [-0.05, 0) is 44.2 Å². The summed E-state index contributed by atoms with van der Waals surface area (Å²) < 4.78 is 90.1. The molecule has 0 spiro atoms. The number of aromatic nitrogens is 4. The van der Waals surface area contributed by atoms with Gasteiger partial charge in [0, 0.05) is 29.2 Å². The van der Waals surface area contributed by atoms with Gasteiger partial charge in [-0.1, -0.05) is 5.16 Å². The van der Waals surface area contributed by atoms with Crippen LogP contribution in [0.1, 0.15) is 18.2 Å². The number of aryl methyl sites for hydroxylation is 1. The van der Waals surface area contributed by atoms with Gasteiger partial charge in [-0.3, -0.25) is 0 Å². The minimum atomic E-state index is -4.97. The van der Waals surface area contributed by atoms with Crippen molar-refractivity contribution in [2.75, 3.05) is 0 Å². The zero-order valence-electron chi connectivity index (χ0n) is 16.5. The van der Waals surface area contributed by atoms with Crippen molar-refractivity contribution in [2.24, 2.45) is 0 Å². The molecule has 6 nitrogen and oxygen atoms in total. The van der Waals surface area contributed by atoms with Gasteiger partial charge in [-0.25, -0.2) is 4.98 Å². The molecule has 12 heteroatoms. The van der Waals surface area contributed by atoms with E-state index in [-0.39, 0.29) is 17.3 Å². The van der Waals surface area contributed by atoms with E-state index in [1.54, 1.807) is 35.9 Å². The maximum Gasteiger partial charge on any atom is 0.425 e. The highest BCUT2D eigenvalue weighted by Crippen LogP contribution is 2.40. The molecule has 0 radical (unpaired) electrons. The number of hydrogen-bond donors (Lipinski definition) is 0. The third kappa shape index (κ3) is 3.99. The van der Waals surface area contributed by atoms with Gasteiger partial charge in [-0.15, -0.1) is 0 Å².